The van der Waals surface area contributed by atoms with Crippen LogP contribution >= 0.6 is 11.6 Å². The zero-order valence-electron chi connectivity index (χ0n) is 32.1. The molecule has 298 valence electrons. The van der Waals surface area contributed by atoms with E-state index in [9.17, 15) is 24.6 Å². The molecule has 2 atom stereocenters. The van der Waals surface area contributed by atoms with Crippen molar-refractivity contribution < 1.29 is 29.3 Å². The molecule has 56 heavy (non-hydrogen) atoms. The fourth-order valence-corrected chi connectivity index (χ4v) is 9.21. The van der Waals surface area contributed by atoms with Gasteiger partial charge < -0.3 is 35.3 Å². The van der Waals surface area contributed by atoms with Gasteiger partial charge in [0.1, 0.15) is 17.6 Å². The number of aromatic hydroxyl groups is 1. The van der Waals surface area contributed by atoms with Crippen LogP contribution in [-0.4, -0.2) is 77.9 Å². The molecule has 4 heterocycles. The van der Waals surface area contributed by atoms with E-state index in [1.54, 1.807) is 24.3 Å². The van der Waals surface area contributed by atoms with E-state index in [2.05, 4.69) is 44.8 Å². The molecule has 3 saturated heterocycles. The van der Waals surface area contributed by atoms with Gasteiger partial charge in [-0.1, -0.05) is 61.2 Å². The highest BCUT2D eigenvalue weighted by Crippen LogP contribution is 2.42. The molecule has 0 radical (unpaired) electrons. The third-order valence-electron chi connectivity index (χ3n) is 12.1. The fourth-order valence-electron chi connectivity index (χ4n) is 8.94. The van der Waals surface area contributed by atoms with Crippen LogP contribution < -0.4 is 20.9 Å². The summed E-state index contributed by atoms with van der Waals surface area (Å²) >= 11 is 6.61. The Kier molecular flexibility index (Phi) is 12.7. The molecule has 8 rings (SSSR count). The van der Waals surface area contributed by atoms with Crippen molar-refractivity contribution in [1.29, 1.82) is 0 Å². The number of unbranched alkanes of at least 4 members (excludes halogenated alkanes) is 1. The molecule has 1 amide bonds. The van der Waals surface area contributed by atoms with E-state index in [0.29, 0.717) is 46.8 Å². The number of phenols is 1. The van der Waals surface area contributed by atoms with Crippen LogP contribution in [0.5, 0.6) is 11.5 Å². The molecule has 0 spiro atoms. The Hall–Kier alpha value is -4.42. The minimum Gasteiger partial charge on any atom is -0.506 e. The number of phenolic OH excluding ortho intramolecular Hbond substituents is 1. The molecule has 2 bridgehead atoms. The Labute approximate surface area is 332 Å². The van der Waals surface area contributed by atoms with Crippen molar-refractivity contribution in [2.24, 2.45) is 5.92 Å². The van der Waals surface area contributed by atoms with Crippen LogP contribution in [0.1, 0.15) is 96.5 Å². The number of aliphatic hydroxyl groups excluding tert-OH is 1. The third kappa shape index (κ3) is 8.76. The van der Waals surface area contributed by atoms with Crippen molar-refractivity contribution in [1.82, 2.24) is 20.5 Å². The number of methoxy groups -OCH3 is 1. The molecular formula is C44H53ClN4O7. The standard InChI is InChI=1S/C44H53ClN4O7/c1-55-38-24-34(35(45)23-30(38)25-46-26-37(51)32-11-13-36(50)41-33(32)12-14-40(52)48-41)42(53)47-19-6-3-8-28-9-7-10-31(22-28)44(17-4-2-5-18-44)43(54)56-39-27-49-20-15-29(39)16-21-49/h7,9-14,22-24,29,37,39,46,50-51H,2-6,8,15-21,25-27H2,1H3,(H,47,53)(H,48,52)/t37-,39+/m1/s1. The van der Waals surface area contributed by atoms with E-state index in [-0.39, 0.29) is 46.4 Å². The normalized spacial score (nSPS) is 20.7. The lowest BCUT2D eigenvalue weighted by atomic mass is 9.69. The molecule has 4 fully saturated rings. The second-order valence-corrected chi connectivity index (χ2v) is 16.1. The number of aliphatic hydroxyl groups is 1. The number of ether oxygens (including phenoxy) is 2. The summed E-state index contributed by atoms with van der Waals surface area (Å²) in [5.41, 5.74) is 3.19. The molecule has 11 nitrogen and oxygen atoms in total. The minimum atomic E-state index is -0.934. The maximum absolute atomic E-state index is 14.0. The highest BCUT2D eigenvalue weighted by Gasteiger charge is 2.46. The second kappa shape index (κ2) is 17.8. The molecule has 0 unspecified atom stereocenters. The number of nitrogens with zero attached hydrogens (tertiary/aromatic N) is 1. The summed E-state index contributed by atoms with van der Waals surface area (Å²) in [6.45, 7) is 4.05. The molecule has 12 heteroatoms. The van der Waals surface area contributed by atoms with Crippen LogP contribution in [0.2, 0.25) is 5.02 Å². The van der Waals surface area contributed by atoms with E-state index in [1.807, 2.05) is 0 Å². The monoisotopic (exact) mass is 784 g/mol. The van der Waals surface area contributed by atoms with Crippen LogP contribution in [0.15, 0.2) is 65.5 Å². The number of benzene rings is 3. The van der Waals surface area contributed by atoms with Gasteiger partial charge >= 0.3 is 5.97 Å². The number of pyridine rings is 1. The lowest BCUT2D eigenvalue weighted by molar-refractivity contribution is -0.167. The first kappa shape index (κ1) is 39.8. The number of fused-ring (bicyclic) bond motifs is 4. The van der Waals surface area contributed by atoms with Crippen molar-refractivity contribution in [3.63, 3.8) is 0 Å². The molecule has 3 aromatic carbocycles. The van der Waals surface area contributed by atoms with Crippen LogP contribution in [0.3, 0.4) is 0 Å². The second-order valence-electron chi connectivity index (χ2n) is 15.7. The van der Waals surface area contributed by atoms with Crippen molar-refractivity contribution in [3.05, 3.63) is 104 Å². The largest absolute Gasteiger partial charge is 0.506 e. The number of rotatable bonds is 15. The zero-order valence-corrected chi connectivity index (χ0v) is 32.8. The quantitative estimate of drug-likeness (QED) is 0.0690. The number of aryl methyl sites for hydroxylation is 1. The van der Waals surface area contributed by atoms with Crippen molar-refractivity contribution in [2.75, 3.05) is 39.8 Å². The summed E-state index contributed by atoms with van der Waals surface area (Å²) in [5.74, 6) is 0.573. The number of nitrogens with one attached hydrogen (secondary N) is 3. The summed E-state index contributed by atoms with van der Waals surface area (Å²) in [4.78, 5) is 44.0. The van der Waals surface area contributed by atoms with Gasteiger partial charge in [-0.3, -0.25) is 19.3 Å². The number of aromatic amines is 1. The molecule has 4 aliphatic rings. The molecule has 4 aromatic rings. The summed E-state index contributed by atoms with van der Waals surface area (Å²) in [5, 5.41) is 28.1. The van der Waals surface area contributed by atoms with Crippen LogP contribution in [-0.2, 0) is 27.9 Å². The first-order chi connectivity index (χ1) is 27.1. The lowest BCUT2D eigenvalue weighted by Gasteiger charge is -2.45. The van der Waals surface area contributed by atoms with E-state index in [4.69, 9.17) is 21.1 Å². The van der Waals surface area contributed by atoms with Gasteiger partial charge in [-0.05, 0) is 105 Å². The number of carbonyl (C=O) groups is 2. The molecule has 1 saturated carbocycles. The van der Waals surface area contributed by atoms with Crippen LogP contribution in [0, 0.1) is 5.92 Å². The SMILES string of the molecule is COc1cc(C(=O)NCCCCc2cccc(C3(C(=O)O[C@H]4CN5CCC4CC5)CCCCC3)c2)c(Cl)cc1CNC[C@@H](O)c1ccc(O)c2[nH]c(=O)ccc12. The molecular weight excluding hydrogens is 732 g/mol. The van der Waals surface area contributed by atoms with Gasteiger partial charge in [-0.2, -0.15) is 0 Å². The number of amides is 1. The van der Waals surface area contributed by atoms with Crippen molar-refractivity contribution in [3.8, 4) is 11.5 Å². The summed E-state index contributed by atoms with van der Waals surface area (Å²) in [6, 6.07) is 17.8. The Balaban J connectivity index is 0.901. The number of H-pyrrole nitrogens is 1. The van der Waals surface area contributed by atoms with Gasteiger partial charge in [-0.15, -0.1) is 0 Å². The van der Waals surface area contributed by atoms with Gasteiger partial charge in [0, 0.05) is 43.2 Å². The number of aromatic nitrogens is 1. The number of halogens is 1. The predicted octanol–water partition coefficient (Wildman–Crippen LogP) is 6.31. The van der Waals surface area contributed by atoms with E-state index >= 15 is 0 Å². The van der Waals surface area contributed by atoms with Gasteiger partial charge in [0.05, 0.1) is 34.7 Å². The van der Waals surface area contributed by atoms with Crippen molar-refractivity contribution >= 4 is 34.4 Å². The highest BCUT2D eigenvalue weighted by atomic mass is 35.5. The summed E-state index contributed by atoms with van der Waals surface area (Å²) in [6.07, 6.45) is 8.67. The Morgan fingerprint density at radius 3 is 2.59 bits per heavy atom. The van der Waals surface area contributed by atoms with Crippen LogP contribution in [0.4, 0.5) is 0 Å². The average Bonchev–Trinajstić information content (AvgIpc) is 3.21. The Morgan fingerprint density at radius 1 is 1.04 bits per heavy atom. The minimum absolute atomic E-state index is 0.00866. The van der Waals surface area contributed by atoms with E-state index in [1.165, 1.54) is 24.8 Å². The van der Waals surface area contributed by atoms with Gasteiger partial charge in [0.25, 0.3) is 5.91 Å². The Bertz CT molecular complexity index is 2090. The van der Waals surface area contributed by atoms with E-state index < -0.39 is 11.5 Å². The molecule has 5 N–H and O–H groups in total. The first-order valence-electron chi connectivity index (χ1n) is 20.1. The van der Waals surface area contributed by atoms with E-state index in [0.717, 1.165) is 89.4 Å². The summed E-state index contributed by atoms with van der Waals surface area (Å²) < 4.78 is 12.0. The molecule has 1 aliphatic carbocycles. The number of piperidine rings is 3. The van der Waals surface area contributed by atoms with Gasteiger partial charge in [-0.25, -0.2) is 0 Å². The van der Waals surface area contributed by atoms with Gasteiger partial charge in [0.2, 0.25) is 5.56 Å². The molecule has 3 aliphatic heterocycles. The first-order valence-corrected chi connectivity index (χ1v) is 20.4. The highest BCUT2D eigenvalue weighted by molar-refractivity contribution is 6.34. The zero-order chi connectivity index (χ0) is 39.2. The van der Waals surface area contributed by atoms with Crippen molar-refractivity contribution in [2.45, 2.75) is 88.4 Å². The molecule has 1 aromatic heterocycles. The number of hydrogen-bond donors (Lipinski definition) is 5. The lowest BCUT2D eigenvalue weighted by Crippen LogP contribution is -2.53. The number of carbonyl (C=O) groups excluding carboxylic acids is 2. The third-order valence-corrected chi connectivity index (χ3v) is 12.5. The smallest absolute Gasteiger partial charge is 0.316 e. The maximum Gasteiger partial charge on any atom is 0.316 e. The predicted molar refractivity (Wildman–Crippen MR) is 216 cm³/mol. The van der Waals surface area contributed by atoms with Gasteiger partial charge in [0.15, 0.2) is 0 Å². The average molecular weight is 785 g/mol. The van der Waals surface area contributed by atoms with Crippen LogP contribution in [0.25, 0.3) is 10.9 Å². The fraction of sp³-hybridized carbons (Fsp3) is 0.477. The maximum atomic E-state index is 14.0. The number of esters is 1. The summed E-state index contributed by atoms with van der Waals surface area (Å²) in [7, 11) is 1.53. The number of hydrogen-bond acceptors (Lipinski definition) is 9. The topological polar surface area (TPSA) is 153 Å². The Morgan fingerprint density at radius 2 is 1.84 bits per heavy atom.